The lowest BCUT2D eigenvalue weighted by molar-refractivity contribution is 0.00693. The smallest absolute Gasteiger partial charge is 0.338 e. The minimum Gasteiger partial charge on any atom is -0.456 e. The first kappa shape index (κ1) is 33.5. The van der Waals surface area contributed by atoms with Crippen molar-refractivity contribution in [3.8, 4) is 0 Å². The molecule has 0 fully saturated rings. The normalized spacial score (nSPS) is 14.7. The monoisotopic (exact) mass is 602 g/mol. The third-order valence-electron chi connectivity index (χ3n) is 8.19. The third-order valence-corrected chi connectivity index (χ3v) is 8.19. The van der Waals surface area contributed by atoms with E-state index in [1.165, 1.54) is 11.1 Å². The summed E-state index contributed by atoms with van der Waals surface area (Å²) >= 11 is 0. The second-order valence-corrected chi connectivity index (χ2v) is 13.8. The molecule has 8 heteroatoms. The first-order chi connectivity index (χ1) is 20.6. The summed E-state index contributed by atoms with van der Waals surface area (Å²) in [4.78, 5) is 14.7. The number of ether oxygens (including phenoxy) is 2. The molecule has 0 saturated heterocycles. The van der Waals surface area contributed by atoms with Gasteiger partial charge in [-0.3, -0.25) is 4.90 Å². The molecule has 1 atom stereocenters. The first-order valence-corrected chi connectivity index (χ1v) is 15.5. The summed E-state index contributed by atoms with van der Waals surface area (Å²) in [6, 6.07) is 17.4. The van der Waals surface area contributed by atoms with Crippen LogP contribution in [0.25, 0.3) is 0 Å². The molecule has 0 aliphatic carbocycles. The maximum Gasteiger partial charge on any atom is 0.338 e. The minimum absolute atomic E-state index is 0.102. The summed E-state index contributed by atoms with van der Waals surface area (Å²) in [5.74, 6) is 6.06. The number of benzene rings is 3. The highest BCUT2D eigenvalue weighted by atomic mass is 16.6. The molecule has 0 saturated carbocycles. The molecule has 1 heterocycles. The van der Waals surface area contributed by atoms with Gasteiger partial charge in [0, 0.05) is 31.8 Å². The average molecular weight is 603 g/mol. The highest BCUT2D eigenvalue weighted by Gasteiger charge is 2.27. The van der Waals surface area contributed by atoms with Crippen LogP contribution in [0, 0.1) is 6.92 Å². The van der Waals surface area contributed by atoms with Gasteiger partial charge in [-0.2, -0.15) is 0 Å². The van der Waals surface area contributed by atoms with Gasteiger partial charge in [-0.1, -0.05) is 36.4 Å². The molecule has 238 valence electrons. The lowest BCUT2D eigenvalue weighted by atomic mass is 9.90. The number of aliphatic hydroxyl groups is 1. The number of fused-ring (bicyclic) bond motifs is 1. The number of anilines is 2. The van der Waals surface area contributed by atoms with Crippen LogP contribution in [0.15, 0.2) is 54.6 Å². The number of nitrogens with zero attached hydrogens (tertiary/aromatic N) is 2. The predicted molar refractivity (Wildman–Crippen MR) is 177 cm³/mol. The van der Waals surface area contributed by atoms with Gasteiger partial charge in [-0.25, -0.2) is 10.6 Å². The Hall–Kier alpha value is -3.43. The summed E-state index contributed by atoms with van der Waals surface area (Å²) in [5, 5.41) is 13.0. The maximum atomic E-state index is 12.2. The Morgan fingerprint density at radius 2 is 1.73 bits per heavy atom. The molecule has 8 nitrogen and oxygen atoms in total. The second kappa shape index (κ2) is 13.7. The molecule has 3 aromatic rings. The van der Waals surface area contributed by atoms with Crippen molar-refractivity contribution in [2.45, 2.75) is 91.7 Å². The molecule has 5 N–H and O–H groups in total. The number of hydrogen-bond donors (Lipinski definition) is 3. The van der Waals surface area contributed by atoms with E-state index in [0.717, 1.165) is 47.5 Å². The number of aliphatic hydroxyl groups excluding tert-OH is 1. The van der Waals surface area contributed by atoms with Crippen LogP contribution in [0.4, 0.5) is 11.4 Å². The summed E-state index contributed by atoms with van der Waals surface area (Å²) in [6.07, 6.45) is 0.944. The fourth-order valence-corrected chi connectivity index (χ4v) is 5.50. The zero-order chi connectivity index (χ0) is 32.2. The average Bonchev–Trinajstić information content (AvgIpc) is 2.96. The van der Waals surface area contributed by atoms with Crippen molar-refractivity contribution in [1.82, 2.24) is 4.90 Å². The molecule has 0 bridgehead atoms. The molecule has 1 aliphatic heterocycles. The molecular weight excluding hydrogens is 552 g/mol. The number of carbonyl (C=O) groups is 1. The number of hydrogen-bond acceptors (Lipinski definition) is 8. The fourth-order valence-electron chi connectivity index (χ4n) is 5.50. The topological polar surface area (TPSA) is 114 Å². The van der Waals surface area contributed by atoms with Gasteiger partial charge in [0.2, 0.25) is 0 Å². The minimum atomic E-state index is -0.778. The molecule has 4 rings (SSSR count). The van der Waals surface area contributed by atoms with Crippen molar-refractivity contribution in [1.29, 1.82) is 0 Å². The number of nitrogens with two attached hydrogens (primary N) is 2. The van der Waals surface area contributed by atoms with Crippen molar-refractivity contribution in [3.63, 3.8) is 0 Å². The zero-order valence-electron chi connectivity index (χ0n) is 27.4. The number of nitrogen functional groups attached to an aromatic ring is 1. The Balaban J connectivity index is 1.30. The van der Waals surface area contributed by atoms with Crippen LogP contribution in [-0.4, -0.2) is 46.8 Å². The largest absolute Gasteiger partial charge is 0.456 e. The van der Waals surface area contributed by atoms with Crippen molar-refractivity contribution in [2.24, 2.45) is 5.84 Å². The van der Waals surface area contributed by atoms with Crippen molar-refractivity contribution in [2.75, 3.05) is 30.4 Å². The Bertz CT molecular complexity index is 1440. The van der Waals surface area contributed by atoms with Crippen LogP contribution in [0.1, 0.15) is 97.8 Å². The molecular formula is C36H50N4O4. The van der Waals surface area contributed by atoms with Gasteiger partial charge < -0.3 is 25.3 Å². The SMILES string of the molecule is Cc1c(C(O)c2ccc3c(c2)CN(C(C)(C)C)CC3)ccc(N(N)CCCOCc2ccc(C(=O)OC(C)(C)C)cc2)c1N. The first-order valence-electron chi connectivity index (χ1n) is 15.5. The van der Waals surface area contributed by atoms with E-state index in [1.54, 1.807) is 17.1 Å². The summed E-state index contributed by atoms with van der Waals surface area (Å²) < 4.78 is 11.3. The fraction of sp³-hybridized carbons (Fsp3) is 0.472. The van der Waals surface area contributed by atoms with Crippen LogP contribution in [-0.2, 0) is 29.0 Å². The van der Waals surface area contributed by atoms with Gasteiger partial charge in [-0.05, 0) is 113 Å². The van der Waals surface area contributed by atoms with E-state index < -0.39 is 11.7 Å². The van der Waals surface area contributed by atoms with Gasteiger partial charge in [0.05, 0.1) is 23.5 Å². The molecule has 0 aromatic heterocycles. The van der Waals surface area contributed by atoms with Gasteiger partial charge >= 0.3 is 5.97 Å². The van der Waals surface area contributed by atoms with E-state index in [2.05, 4.69) is 37.8 Å². The Kier molecular flexibility index (Phi) is 10.4. The van der Waals surface area contributed by atoms with Crippen LogP contribution in [0.3, 0.4) is 0 Å². The Morgan fingerprint density at radius 3 is 2.39 bits per heavy atom. The Morgan fingerprint density at radius 1 is 1.02 bits per heavy atom. The summed E-state index contributed by atoms with van der Waals surface area (Å²) in [6.45, 7) is 17.6. The van der Waals surface area contributed by atoms with Crippen molar-refractivity contribution < 1.29 is 19.4 Å². The Labute approximate surface area is 262 Å². The van der Waals surface area contributed by atoms with Gasteiger partial charge in [-0.15, -0.1) is 0 Å². The highest BCUT2D eigenvalue weighted by Crippen LogP contribution is 2.35. The van der Waals surface area contributed by atoms with E-state index >= 15 is 0 Å². The number of rotatable bonds is 10. The van der Waals surface area contributed by atoms with Gasteiger partial charge in [0.25, 0.3) is 0 Å². The second-order valence-electron chi connectivity index (χ2n) is 13.8. The lowest BCUT2D eigenvalue weighted by Gasteiger charge is -2.39. The van der Waals surface area contributed by atoms with Gasteiger partial charge in [0.15, 0.2) is 0 Å². The number of esters is 1. The third kappa shape index (κ3) is 8.39. The molecule has 0 amide bonds. The molecule has 0 radical (unpaired) electrons. The van der Waals surface area contributed by atoms with E-state index in [4.69, 9.17) is 21.1 Å². The van der Waals surface area contributed by atoms with E-state index in [0.29, 0.717) is 37.4 Å². The number of hydrazine groups is 1. The molecule has 1 unspecified atom stereocenters. The van der Waals surface area contributed by atoms with Crippen molar-refractivity contribution >= 4 is 17.3 Å². The standard InChI is InChI=1S/C36H50N4O4/c1-24-30(33(41)28-14-13-26-17-19-39(35(2,3)4)22-29(26)21-28)15-16-31(32(24)37)40(38)18-8-20-43-23-25-9-11-27(12-10-25)34(42)44-36(5,6)7/h9-16,21,33,41H,8,17-20,22-23,37-38H2,1-7H3. The summed E-state index contributed by atoms with van der Waals surface area (Å²) in [5.41, 5.74) is 14.0. The van der Waals surface area contributed by atoms with E-state index in [-0.39, 0.29) is 11.5 Å². The maximum absolute atomic E-state index is 12.2. The number of carbonyl (C=O) groups excluding carboxylic acids is 1. The molecule has 3 aromatic carbocycles. The van der Waals surface area contributed by atoms with E-state index in [1.807, 2.05) is 58.0 Å². The van der Waals surface area contributed by atoms with Crippen LogP contribution in [0.2, 0.25) is 0 Å². The van der Waals surface area contributed by atoms with Crippen LogP contribution >= 0.6 is 0 Å². The highest BCUT2D eigenvalue weighted by molar-refractivity contribution is 5.89. The van der Waals surface area contributed by atoms with Crippen molar-refractivity contribution in [3.05, 3.63) is 93.5 Å². The van der Waals surface area contributed by atoms with Crippen LogP contribution in [0.5, 0.6) is 0 Å². The predicted octanol–water partition coefficient (Wildman–Crippen LogP) is 6.06. The van der Waals surface area contributed by atoms with Gasteiger partial charge in [0.1, 0.15) is 11.7 Å². The molecule has 44 heavy (non-hydrogen) atoms. The molecule has 1 aliphatic rings. The molecule has 0 spiro atoms. The van der Waals surface area contributed by atoms with E-state index in [9.17, 15) is 9.90 Å². The quantitative estimate of drug-likeness (QED) is 0.0844. The zero-order valence-corrected chi connectivity index (χ0v) is 27.4. The summed E-state index contributed by atoms with van der Waals surface area (Å²) in [7, 11) is 0. The lowest BCUT2D eigenvalue weighted by Crippen LogP contribution is -2.44. The van der Waals surface area contributed by atoms with Crippen LogP contribution < -0.4 is 16.6 Å².